The van der Waals surface area contributed by atoms with Crippen LogP contribution in [0.2, 0.25) is 25.7 Å². The molecule has 0 bridgehead atoms. The van der Waals surface area contributed by atoms with Gasteiger partial charge in [-0.15, -0.1) is 0 Å². The van der Waals surface area contributed by atoms with Crippen LogP contribution in [0, 0.1) is 5.82 Å². The van der Waals surface area contributed by atoms with Crippen molar-refractivity contribution in [2.45, 2.75) is 31.6 Å². The van der Waals surface area contributed by atoms with Gasteiger partial charge in [0.25, 0.3) is 0 Å². The van der Waals surface area contributed by atoms with Crippen LogP contribution in [0.3, 0.4) is 0 Å². The molecule has 0 aromatic heterocycles. The van der Waals surface area contributed by atoms with Gasteiger partial charge in [-0.25, -0.2) is 4.39 Å². The molecule has 0 saturated heterocycles. The molecule has 84 valence electrons. The van der Waals surface area contributed by atoms with E-state index in [0.29, 0.717) is 5.92 Å². The molecule has 15 heavy (non-hydrogen) atoms. The smallest absolute Gasteiger partial charge is 0.123 e. The van der Waals surface area contributed by atoms with Gasteiger partial charge in [0.1, 0.15) is 5.82 Å². The van der Waals surface area contributed by atoms with Crippen LogP contribution in [0.4, 0.5) is 4.39 Å². The third kappa shape index (κ3) is 4.47. The number of hydrogen-bond donors (Lipinski definition) is 0. The number of hydrogen-bond acceptors (Lipinski definition) is 0. The zero-order chi connectivity index (χ0) is 11.5. The van der Waals surface area contributed by atoms with E-state index < -0.39 is 8.07 Å². The molecule has 0 radical (unpaired) electrons. The monoisotopic (exact) mass is 288 g/mol. The van der Waals surface area contributed by atoms with Gasteiger partial charge >= 0.3 is 0 Å². The molecular formula is C12H18BrFSi. The first kappa shape index (κ1) is 12.9. The van der Waals surface area contributed by atoms with Gasteiger partial charge in [0.05, 0.1) is 0 Å². The van der Waals surface area contributed by atoms with E-state index in [2.05, 4.69) is 35.6 Å². The van der Waals surface area contributed by atoms with Gasteiger partial charge in [0.2, 0.25) is 0 Å². The molecule has 0 nitrogen and oxygen atoms in total. The maximum absolute atomic E-state index is 13.1. The van der Waals surface area contributed by atoms with Gasteiger partial charge in [-0.1, -0.05) is 47.7 Å². The largest absolute Gasteiger partial charge is 0.207 e. The van der Waals surface area contributed by atoms with Crippen molar-refractivity contribution in [2.75, 3.05) is 5.33 Å². The molecule has 1 aromatic rings. The standard InChI is InChI=1S/C12H18BrFSi/c1-15(2,3)9-11(8-13)10-5-4-6-12(14)7-10/h4-7,11H,8-9H2,1-3H3. The van der Waals surface area contributed by atoms with Gasteiger partial charge in [-0.3, -0.25) is 0 Å². The Hall–Kier alpha value is -0.153. The molecule has 0 N–H and O–H groups in total. The van der Waals surface area contributed by atoms with Crippen molar-refractivity contribution in [1.82, 2.24) is 0 Å². The molecule has 0 aliphatic rings. The highest BCUT2D eigenvalue weighted by Gasteiger charge is 2.21. The second-order valence-electron chi connectivity index (χ2n) is 5.17. The molecule has 1 aromatic carbocycles. The normalized spacial score (nSPS) is 13.9. The first-order chi connectivity index (χ1) is 6.92. The Morgan fingerprint density at radius 1 is 1.33 bits per heavy atom. The maximum Gasteiger partial charge on any atom is 0.123 e. The maximum atomic E-state index is 13.1. The summed E-state index contributed by atoms with van der Waals surface area (Å²) in [6.45, 7) is 7.05. The van der Waals surface area contributed by atoms with Crippen LogP contribution in [-0.4, -0.2) is 13.4 Å². The average molecular weight is 289 g/mol. The van der Waals surface area contributed by atoms with Crippen molar-refractivity contribution >= 4 is 24.0 Å². The minimum absolute atomic E-state index is 0.131. The molecule has 1 rings (SSSR count). The summed E-state index contributed by atoms with van der Waals surface area (Å²) in [4.78, 5) is 0. The van der Waals surface area contributed by atoms with E-state index in [9.17, 15) is 4.39 Å². The van der Waals surface area contributed by atoms with E-state index in [1.807, 2.05) is 6.07 Å². The lowest BCUT2D eigenvalue weighted by atomic mass is 10.0. The predicted octanol–water partition coefficient (Wildman–Crippen LogP) is 4.64. The molecule has 0 heterocycles. The summed E-state index contributed by atoms with van der Waals surface area (Å²) in [6.07, 6.45) is 0. The van der Waals surface area contributed by atoms with Crippen molar-refractivity contribution in [1.29, 1.82) is 0 Å². The predicted molar refractivity (Wildman–Crippen MR) is 71.1 cm³/mol. The van der Waals surface area contributed by atoms with Crippen molar-refractivity contribution in [2.24, 2.45) is 0 Å². The SMILES string of the molecule is C[Si](C)(C)CC(CBr)c1cccc(F)c1. The highest BCUT2D eigenvalue weighted by Crippen LogP contribution is 2.28. The van der Waals surface area contributed by atoms with Crippen molar-refractivity contribution in [3.05, 3.63) is 35.6 Å². The van der Waals surface area contributed by atoms with Crippen molar-refractivity contribution in [3.63, 3.8) is 0 Å². The van der Waals surface area contributed by atoms with E-state index in [4.69, 9.17) is 0 Å². The first-order valence-electron chi connectivity index (χ1n) is 5.24. The van der Waals surface area contributed by atoms with E-state index in [0.717, 1.165) is 10.9 Å². The third-order valence-corrected chi connectivity index (χ3v) is 4.86. The molecule has 0 fully saturated rings. The first-order valence-corrected chi connectivity index (χ1v) is 10.1. The Morgan fingerprint density at radius 2 is 2.00 bits per heavy atom. The Balaban J connectivity index is 2.83. The van der Waals surface area contributed by atoms with Crippen LogP contribution >= 0.6 is 15.9 Å². The summed E-state index contributed by atoms with van der Waals surface area (Å²) in [5, 5.41) is 0.917. The molecular weight excluding hydrogens is 271 g/mol. The van der Waals surface area contributed by atoms with Gasteiger partial charge < -0.3 is 0 Å². The van der Waals surface area contributed by atoms with Gasteiger partial charge in [0.15, 0.2) is 0 Å². The van der Waals surface area contributed by atoms with Crippen LogP contribution < -0.4 is 0 Å². The highest BCUT2D eigenvalue weighted by molar-refractivity contribution is 9.09. The van der Waals surface area contributed by atoms with Gasteiger partial charge in [0, 0.05) is 13.4 Å². The topological polar surface area (TPSA) is 0 Å². The second kappa shape index (κ2) is 5.26. The van der Waals surface area contributed by atoms with Crippen LogP contribution in [0.5, 0.6) is 0 Å². The quantitative estimate of drug-likeness (QED) is 0.559. The third-order valence-electron chi connectivity index (χ3n) is 2.37. The van der Waals surface area contributed by atoms with Crippen LogP contribution in [-0.2, 0) is 0 Å². The fourth-order valence-corrected chi connectivity index (χ4v) is 4.65. The van der Waals surface area contributed by atoms with E-state index >= 15 is 0 Å². The van der Waals surface area contributed by atoms with Crippen LogP contribution in [0.1, 0.15) is 11.5 Å². The summed E-state index contributed by atoms with van der Waals surface area (Å²) in [6, 6.07) is 8.18. The van der Waals surface area contributed by atoms with Crippen molar-refractivity contribution in [3.8, 4) is 0 Å². The lowest BCUT2D eigenvalue weighted by molar-refractivity contribution is 0.623. The zero-order valence-electron chi connectivity index (χ0n) is 9.56. The summed E-state index contributed by atoms with van der Waals surface area (Å²) < 4.78 is 13.1. The summed E-state index contributed by atoms with van der Waals surface area (Å²) in [7, 11) is -1.09. The Morgan fingerprint density at radius 3 is 2.47 bits per heavy atom. The number of rotatable bonds is 4. The lowest BCUT2D eigenvalue weighted by Gasteiger charge is -2.23. The molecule has 0 saturated carbocycles. The number of alkyl halides is 1. The molecule has 0 amide bonds. The molecule has 0 aliphatic heterocycles. The Kier molecular flexibility index (Phi) is 4.53. The summed E-state index contributed by atoms with van der Waals surface area (Å²) in [5.74, 6) is 0.321. The minimum atomic E-state index is -1.09. The Labute approximate surface area is 101 Å². The highest BCUT2D eigenvalue weighted by atomic mass is 79.9. The van der Waals surface area contributed by atoms with Crippen LogP contribution in [0.25, 0.3) is 0 Å². The molecule has 0 aliphatic carbocycles. The molecule has 1 atom stereocenters. The fourth-order valence-electron chi connectivity index (χ4n) is 1.76. The fraction of sp³-hybridized carbons (Fsp3) is 0.500. The average Bonchev–Trinajstić information content (AvgIpc) is 2.13. The van der Waals surface area contributed by atoms with Crippen molar-refractivity contribution < 1.29 is 4.39 Å². The molecule has 3 heteroatoms. The van der Waals surface area contributed by atoms with E-state index in [1.165, 1.54) is 12.1 Å². The van der Waals surface area contributed by atoms with E-state index in [1.54, 1.807) is 12.1 Å². The Bertz CT molecular complexity index is 320. The van der Waals surface area contributed by atoms with E-state index in [-0.39, 0.29) is 5.82 Å². The van der Waals surface area contributed by atoms with Crippen LogP contribution in [0.15, 0.2) is 24.3 Å². The molecule has 1 unspecified atom stereocenters. The number of benzene rings is 1. The lowest BCUT2D eigenvalue weighted by Crippen LogP contribution is -2.23. The van der Waals surface area contributed by atoms with Gasteiger partial charge in [-0.2, -0.15) is 0 Å². The van der Waals surface area contributed by atoms with Gasteiger partial charge in [-0.05, 0) is 29.7 Å². The summed E-state index contributed by atoms with van der Waals surface area (Å²) in [5.41, 5.74) is 1.12. The number of halogens is 2. The summed E-state index contributed by atoms with van der Waals surface area (Å²) >= 11 is 3.53. The minimum Gasteiger partial charge on any atom is -0.207 e. The zero-order valence-corrected chi connectivity index (χ0v) is 12.1. The second-order valence-corrected chi connectivity index (χ2v) is 11.3. The molecule has 0 spiro atoms.